The highest BCUT2D eigenvalue weighted by molar-refractivity contribution is 6.14. The molecule has 0 aliphatic rings. The van der Waals surface area contributed by atoms with E-state index in [2.05, 4.69) is 17.6 Å². The summed E-state index contributed by atoms with van der Waals surface area (Å²) in [6.45, 7) is 3.95. The lowest BCUT2D eigenvalue weighted by atomic mass is 9.78. The molecule has 2 aromatic carbocycles. The summed E-state index contributed by atoms with van der Waals surface area (Å²) in [6.07, 6.45) is 2.72. The lowest BCUT2D eigenvalue weighted by Gasteiger charge is -2.30. The van der Waals surface area contributed by atoms with Crippen LogP contribution in [0.5, 0.6) is 0 Å². The predicted molar refractivity (Wildman–Crippen MR) is 102 cm³/mol. The number of para-hydroxylation sites is 2. The molecule has 0 radical (unpaired) electrons. The molecule has 0 saturated heterocycles. The van der Waals surface area contributed by atoms with E-state index >= 15 is 0 Å². The van der Waals surface area contributed by atoms with Crippen molar-refractivity contribution in [1.29, 1.82) is 0 Å². The van der Waals surface area contributed by atoms with Crippen LogP contribution in [0, 0.1) is 5.41 Å². The minimum Gasteiger partial charge on any atom is -0.325 e. The zero-order valence-electron chi connectivity index (χ0n) is 14.9. The maximum atomic E-state index is 13.0. The smallest absolute Gasteiger partial charge is 0.240 e. The van der Waals surface area contributed by atoms with Crippen molar-refractivity contribution in [3.8, 4) is 0 Å². The fourth-order valence-electron chi connectivity index (χ4n) is 2.85. The van der Waals surface area contributed by atoms with E-state index in [0.29, 0.717) is 24.2 Å². The normalized spacial score (nSPS) is 11.0. The van der Waals surface area contributed by atoms with Crippen molar-refractivity contribution < 1.29 is 9.59 Å². The first-order valence-corrected chi connectivity index (χ1v) is 8.85. The summed E-state index contributed by atoms with van der Waals surface area (Å²) in [5, 5.41) is 5.82. The number of hydrogen-bond acceptors (Lipinski definition) is 2. The highest BCUT2D eigenvalue weighted by Gasteiger charge is 2.43. The highest BCUT2D eigenvalue weighted by atomic mass is 16.2. The van der Waals surface area contributed by atoms with Gasteiger partial charge in [0.1, 0.15) is 5.41 Å². The van der Waals surface area contributed by atoms with Crippen molar-refractivity contribution in [3.63, 3.8) is 0 Å². The maximum Gasteiger partial charge on any atom is 0.240 e. The van der Waals surface area contributed by atoms with E-state index in [1.807, 2.05) is 67.6 Å². The summed E-state index contributed by atoms with van der Waals surface area (Å²) in [6, 6.07) is 18.5. The second-order valence-corrected chi connectivity index (χ2v) is 6.18. The highest BCUT2D eigenvalue weighted by Crippen LogP contribution is 2.32. The molecule has 4 heteroatoms. The Balaban J connectivity index is 2.25. The molecule has 0 unspecified atom stereocenters. The van der Waals surface area contributed by atoms with E-state index in [1.54, 1.807) is 0 Å². The first kappa shape index (κ1) is 18.7. The van der Waals surface area contributed by atoms with Crippen molar-refractivity contribution in [2.75, 3.05) is 10.6 Å². The first-order valence-electron chi connectivity index (χ1n) is 8.85. The molecular formula is C21H26N2O2. The Morgan fingerprint density at radius 3 is 1.60 bits per heavy atom. The number of rotatable bonds is 8. The number of carbonyl (C=O) groups is 2. The molecule has 0 fully saturated rings. The summed E-state index contributed by atoms with van der Waals surface area (Å²) in [4.78, 5) is 26.1. The standard InChI is InChI=1S/C21H26N2O2/c1-3-5-16-21(4-2,19(24)22-17-12-8-6-9-13-17)20(25)23-18-14-10-7-11-15-18/h6-15H,3-5,16H2,1-2H3,(H,22,24)(H,23,25). The van der Waals surface area contributed by atoms with Gasteiger partial charge in [-0.25, -0.2) is 0 Å². The SMILES string of the molecule is CCCCC(CC)(C(=O)Nc1ccccc1)C(=O)Nc1ccccc1. The Morgan fingerprint density at radius 1 is 0.800 bits per heavy atom. The van der Waals surface area contributed by atoms with Crippen molar-refractivity contribution >= 4 is 23.2 Å². The third kappa shape index (κ3) is 4.69. The number of anilines is 2. The van der Waals surface area contributed by atoms with Crippen molar-refractivity contribution in [1.82, 2.24) is 0 Å². The topological polar surface area (TPSA) is 58.2 Å². The van der Waals surface area contributed by atoms with Gasteiger partial charge in [0.15, 0.2) is 0 Å². The lowest BCUT2D eigenvalue weighted by molar-refractivity contribution is -0.138. The van der Waals surface area contributed by atoms with E-state index in [-0.39, 0.29) is 11.8 Å². The van der Waals surface area contributed by atoms with E-state index in [1.165, 1.54) is 0 Å². The van der Waals surface area contributed by atoms with Crippen LogP contribution in [-0.2, 0) is 9.59 Å². The van der Waals surface area contributed by atoms with Crippen LogP contribution >= 0.6 is 0 Å². The van der Waals surface area contributed by atoms with Crippen LogP contribution in [0.25, 0.3) is 0 Å². The summed E-state index contributed by atoms with van der Waals surface area (Å²) in [5.41, 5.74) is 0.325. The first-order chi connectivity index (χ1) is 12.1. The third-order valence-electron chi connectivity index (χ3n) is 4.49. The molecule has 0 atom stereocenters. The number of hydrogen-bond donors (Lipinski definition) is 2. The Morgan fingerprint density at radius 2 is 1.24 bits per heavy atom. The second-order valence-electron chi connectivity index (χ2n) is 6.18. The van der Waals surface area contributed by atoms with Gasteiger partial charge in [-0.15, -0.1) is 0 Å². The maximum absolute atomic E-state index is 13.0. The number of unbranched alkanes of at least 4 members (excludes halogenated alkanes) is 1. The van der Waals surface area contributed by atoms with Crippen molar-refractivity contribution in [2.45, 2.75) is 39.5 Å². The quantitative estimate of drug-likeness (QED) is 0.676. The molecule has 0 aliphatic carbocycles. The van der Waals surface area contributed by atoms with Crippen LogP contribution in [0.1, 0.15) is 39.5 Å². The molecule has 25 heavy (non-hydrogen) atoms. The van der Waals surface area contributed by atoms with E-state index in [0.717, 1.165) is 12.8 Å². The summed E-state index contributed by atoms with van der Waals surface area (Å²) >= 11 is 0. The Bertz CT molecular complexity index is 630. The molecule has 4 nitrogen and oxygen atoms in total. The number of amides is 2. The van der Waals surface area contributed by atoms with Crippen LogP contribution in [0.15, 0.2) is 60.7 Å². The van der Waals surface area contributed by atoms with Gasteiger partial charge in [0.2, 0.25) is 11.8 Å². The number of carbonyl (C=O) groups excluding carboxylic acids is 2. The molecule has 0 aliphatic heterocycles. The Hall–Kier alpha value is -2.62. The molecule has 0 bridgehead atoms. The molecule has 2 aromatic rings. The van der Waals surface area contributed by atoms with Gasteiger partial charge < -0.3 is 10.6 Å². The average molecular weight is 338 g/mol. The third-order valence-corrected chi connectivity index (χ3v) is 4.49. The zero-order chi connectivity index (χ0) is 18.1. The van der Waals surface area contributed by atoms with Crippen LogP contribution in [-0.4, -0.2) is 11.8 Å². The molecule has 0 saturated carbocycles. The minimum atomic E-state index is -1.08. The Kier molecular flexibility index (Phi) is 6.75. The van der Waals surface area contributed by atoms with Crippen molar-refractivity contribution in [2.24, 2.45) is 5.41 Å². The molecule has 0 aromatic heterocycles. The van der Waals surface area contributed by atoms with Gasteiger partial charge in [0, 0.05) is 11.4 Å². The molecule has 0 spiro atoms. The molecule has 132 valence electrons. The number of nitrogens with one attached hydrogen (secondary N) is 2. The largest absolute Gasteiger partial charge is 0.325 e. The predicted octanol–water partition coefficient (Wildman–Crippen LogP) is 4.85. The van der Waals surface area contributed by atoms with Gasteiger partial charge >= 0.3 is 0 Å². The number of benzene rings is 2. The molecule has 2 N–H and O–H groups in total. The second kappa shape index (κ2) is 9.02. The summed E-state index contributed by atoms with van der Waals surface area (Å²) in [7, 11) is 0. The monoisotopic (exact) mass is 338 g/mol. The van der Waals surface area contributed by atoms with Gasteiger partial charge in [0.05, 0.1) is 0 Å². The lowest BCUT2D eigenvalue weighted by Crippen LogP contribution is -2.46. The van der Waals surface area contributed by atoms with Gasteiger partial charge in [-0.05, 0) is 37.1 Å². The zero-order valence-corrected chi connectivity index (χ0v) is 14.9. The van der Waals surface area contributed by atoms with Gasteiger partial charge in [-0.2, -0.15) is 0 Å². The van der Waals surface area contributed by atoms with Gasteiger partial charge in [-0.3, -0.25) is 9.59 Å². The van der Waals surface area contributed by atoms with Crippen LogP contribution in [0.3, 0.4) is 0 Å². The molecule has 0 heterocycles. The van der Waals surface area contributed by atoms with E-state index in [9.17, 15) is 9.59 Å². The van der Waals surface area contributed by atoms with Crippen LogP contribution in [0.2, 0.25) is 0 Å². The molecule has 2 amide bonds. The van der Waals surface area contributed by atoms with Gasteiger partial charge in [0.25, 0.3) is 0 Å². The summed E-state index contributed by atoms with van der Waals surface area (Å²) < 4.78 is 0. The summed E-state index contributed by atoms with van der Waals surface area (Å²) in [5.74, 6) is -0.494. The fraction of sp³-hybridized carbons (Fsp3) is 0.333. The Labute approximate surface area is 149 Å². The van der Waals surface area contributed by atoms with Crippen molar-refractivity contribution in [3.05, 3.63) is 60.7 Å². The van der Waals surface area contributed by atoms with Gasteiger partial charge in [-0.1, -0.05) is 63.1 Å². The minimum absolute atomic E-state index is 0.247. The molecule has 2 rings (SSSR count). The van der Waals surface area contributed by atoms with E-state index < -0.39 is 5.41 Å². The fourth-order valence-corrected chi connectivity index (χ4v) is 2.85. The van der Waals surface area contributed by atoms with Crippen LogP contribution in [0.4, 0.5) is 11.4 Å². The average Bonchev–Trinajstić information content (AvgIpc) is 2.64. The van der Waals surface area contributed by atoms with E-state index in [4.69, 9.17) is 0 Å². The van der Waals surface area contributed by atoms with Crippen LogP contribution < -0.4 is 10.6 Å². The molecular weight excluding hydrogens is 312 g/mol.